The van der Waals surface area contributed by atoms with Crippen LogP contribution in [0.3, 0.4) is 0 Å². The number of aryl methyl sites for hydroxylation is 2. The van der Waals surface area contributed by atoms with Gasteiger partial charge in [-0.05, 0) is 74.1 Å². The number of amidine groups is 1. The van der Waals surface area contributed by atoms with Gasteiger partial charge in [0, 0.05) is 41.8 Å². The van der Waals surface area contributed by atoms with Crippen molar-refractivity contribution in [2.24, 2.45) is 4.99 Å². The Morgan fingerprint density at radius 1 is 1.18 bits per heavy atom. The van der Waals surface area contributed by atoms with Gasteiger partial charge >= 0.3 is 0 Å². The topological polar surface area (TPSA) is 129 Å². The van der Waals surface area contributed by atoms with Crippen LogP contribution in [-0.2, 0) is 21.2 Å². The molecule has 0 unspecified atom stereocenters. The molecule has 10 nitrogen and oxygen atoms in total. The molecule has 2 aromatic rings. The van der Waals surface area contributed by atoms with Crippen molar-refractivity contribution >= 4 is 27.7 Å². The summed E-state index contributed by atoms with van der Waals surface area (Å²) in [6.07, 6.45) is 0.299. The number of hydrogen-bond donors (Lipinski definition) is 2. The first-order valence-electron chi connectivity index (χ1n) is 12.9. The molecule has 0 aromatic heterocycles. The van der Waals surface area contributed by atoms with Crippen LogP contribution in [0.25, 0.3) is 0 Å². The zero-order valence-corrected chi connectivity index (χ0v) is 22.6. The van der Waals surface area contributed by atoms with E-state index in [1.54, 1.807) is 29.2 Å². The van der Waals surface area contributed by atoms with E-state index in [1.165, 1.54) is 16.4 Å². The molecule has 3 aliphatic heterocycles. The van der Waals surface area contributed by atoms with E-state index in [9.17, 15) is 27.6 Å². The van der Waals surface area contributed by atoms with Crippen LogP contribution in [0.4, 0.5) is 4.53 Å². The fraction of sp³-hybridized carbons (Fsp3) is 0.444. The molecule has 1 spiro atoms. The zero-order valence-electron chi connectivity index (χ0n) is 21.8. The number of rotatable bonds is 7. The summed E-state index contributed by atoms with van der Waals surface area (Å²) in [5.41, 5.74) is 2.56. The van der Waals surface area contributed by atoms with Gasteiger partial charge in [-0.3, -0.25) is 19.5 Å². The lowest BCUT2D eigenvalue weighted by molar-refractivity contribution is -0.124. The number of nitrogens with zero attached hydrogens (tertiary/aromatic N) is 3. The Hall–Kier alpha value is -3.35. The number of benzene rings is 2. The summed E-state index contributed by atoms with van der Waals surface area (Å²) in [6.45, 7) is 4.70. The maximum atomic E-state index is 13.2. The van der Waals surface area contributed by atoms with Crippen molar-refractivity contribution in [2.75, 3.05) is 31.9 Å². The van der Waals surface area contributed by atoms with Crippen LogP contribution in [0.1, 0.15) is 45.5 Å². The van der Waals surface area contributed by atoms with Gasteiger partial charge in [-0.2, -0.15) is 0 Å². The summed E-state index contributed by atoms with van der Waals surface area (Å²) in [5, 5.41) is 12.2. The Morgan fingerprint density at radius 3 is 2.46 bits per heavy atom. The predicted octanol–water partition coefficient (Wildman–Crippen LogP) is 1.67. The third kappa shape index (κ3) is 5.28. The van der Waals surface area contributed by atoms with E-state index < -0.39 is 21.7 Å². The van der Waals surface area contributed by atoms with Crippen molar-refractivity contribution in [1.29, 1.82) is 0 Å². The smallest absolute Gasteiger partial charge is 0.254 e. The summed E-state index contributed by atoms with van der Waals surface area (Å²) in [5.74, 6) is -0.223. The van der Waals surface area contributed by atoms with Crippen LogP contribution >= 0.6 is 0 Å². The van der Waals surface area contributed by atoms with Gasteiger partial charge in [0.05, 0.1) is 11.9 Å². The SMILES string of the molecule is Cc1cc(C(=O)N2CC(O)C2)cc(C)c1CCS(=O)(=O)N1CCC2(CC1)N=C(c1cccc(OF)c1)NC2=O. The molecule has 2 aromatic carbocycles. The molecule has 0 aliphatic carbocycles. The highest BCUT2D eigenvalue weighted by Crippen LogP contribution is 2.33. The fourth-order valence-corrected chi connectivity index (χ4v) is 6.95. The molecular formula is C27H31FN4O6S. The molecule has 0 saturated carbocycles. The van der Waals surface area contributed by atoms with E-state index in [0.29, 0.717) is 36.5 Å². The van der Waals surface area contributed by atoms with Gasteiger partial charge in [-0.25, -0.2) is 12.7 Å². The molecule has 2 N–H and O–H groups in total. The highest BCUT2D eigenvalue weighted by Gasteiger charge is 2.47. The third-order valence-electron chi connectivity index (χ3n) is 7.82. The second-order valence-corrected chi connectivity index (χ2v) is 12.6. The van der Waals surface area contributed by atoms with Crippen molar-refractivity contribution in [3.05, 3.63) is 64.2 Å². The molecule has 3 aliphatic rings. The summed E-state index contributed by atoms with van der Waals surface area (Å²) in [6, 6.07) is 9.69. The van der Waals surface area contributed by atoms with E-state index in [4.69, 9.17) is 0 Å². The number of halogens is 1. The van der Waals surface area contributed by atoms with Crippen LogP contribution in [0.15, 0.2) is 41.4 Å². The first-order chi connectivity index (χ1) is 18.5. The Bertz CT molecular complexity index is 1420. The summed E-state index contributed by atoms with van der Waals surface area (Å²) in [4.78, 5) is 35.4. The van der Waals surface area contributed by atoms with Crippen LogP contribution in [-0.4, -0.2) is 84.0 Å². The van der Waals surface area contributed by atoms with E-state index in [2.05, 4.69) is 15.3 Å². The predicted molar refractivity (Wildman–Crippen MR) is 142 cm³/mol. The first kappa shape index (κ1) is 27.2. The number of nitrogens with one attached hydrogen (secondary N) is 1. The van der Waals surface area contributed by atoms with Crippen LogP contribution in [0, 0.1) is 13.8 Å². The molecule has 12 heteroatoms. The monoisotopic (exact) mass is 558 g/mol. The van der Waals surface area contributed by atoms with Crippen molar-refractivity contribution in [3.8, 4) is 5.75 Å². The largest absolute Gasteiger partial charge is 0.389 e. The molecule has 2 amide bonds. The number of piperidine rings is 1. The van der Waals surface area contributed by atoms with Gasteiger partial charge in [0.2, 0.25) is 10.0 Å². The number of carbonyl (C=O) groups is 2. The van der Waals surface area contributed by atoms with E-state index in [0.717, 1.165) is 16.7 Å². The lowest BCUT2D eigenvalue weighted by atomic mass is 9.89. The Balaban J connectivity index is 1.23. The van der Waals surface area contributed by atoms with E-state index in [-0.39, 0.29) is 49.2 Å². The summed E-state index contributed by atoms with van der Waals surface area (Å²) >= 11 is 0. The minimum atomic E-state index is -3.60. The number of amides is 2. The van der Waals surface area contributed by atoms with Crippen LogP contribution < -0.4 is 10.3 Å². The van der Waals surface area contributed by atoms with Crippen molar-refractivity contribution in [3.63, 3.8) is 0 Å². The molecule has 0 bridgehead atoms. The van der Waals surface area contributed by atoms with E-state index in [1.807, 2.05) is 13.8 Å². The Morgan fingerprint density at radius 2 is 1.85 bits per heavy atom. The van der Waals surface area contributed by atoms with Gasteiger partial charge in [0.15, 0.2) is 5.75 Å². The Kier molecular flexibility index (Phi) is 7.21. The number of β-amino-alcohol motifs (C(OH)–C–C–N with tert-alkyl or cyclic N) is 1. The zero-order chi connectivity index (χ0) is 27.9. The number of aliphatic imine (C=N–C) groups is 1. The highest BCUT2D eigenvalue weighted by molar-refractivity contribution is 7.89. The molecule has 3 heterocycles. The average Bonchev–Trinajstić information content (AvgIpc) is 3.21. The van der Waals surface area contributed by atoms with Gasteiger partial charge in [0.25, 0.3) is 11.8 Å². The van der Waals surface area contributed by atoms with Crippen LogP contribution in [0.2, 0.25) is 0 Å². The molecule has 5 rings (SSSR count). The second-order valence-electron chi connectivity index (χ2n) is 10.5. The standard InChI is InChI=1S/C27H31FN4O6S/c1-17-12-20(25(34)31-15-21(33)16-31)13-18(2)23(17)6-11-39(36,37)32-9-7-27(8-10-32)26(35)29-24(30-27)19-4-3-5-22(14-19)38-28/h3-5,12-14,21,33H,6-11,15-16H2,1-2H3,(H,29,30,35). The van der Waals surface area contributed by atoms with Crippen molar-refractivity contribution < 1.29 is 32.6 Å². The fourth-order valence-electron chi connectivity index (χ4n) is 5.49. The molecule has 39 heavy (non-hydrogen) atoms. The normalized spacial score (nSPS) is 19.5. The van der Waals surface area contributed by atoms with Crippen molar-refractivity contribution in [2.45, 2.75) is 44.8 Å². The molecular weight excluding hydrogens is 527 g/mol. The molecule has 2 saturated heterocycles. The minimum absolute atomic E-state index is 0.00555. The Labute approximate surface area is 226 Å². The van der Waals surface area contributed by atoms with Gasteiger partial charge < -0.3 is 15.3 Å². The maximum Gasteiger partial charge on any atom is 0.254 e. The summed E-state index contributed by atoms with van der Waals surface area (Å²) < 4.78 is 40.4. The van der Waals surface area contributed by atoms with Gasteiger partial charge in [0.1, 0.15) is 11.4 Å². The average molecular weight is 559 g/mol. The molecule has 208 valence electrons. The molecule has 2 fully saturated rings. The summed E-state index contributed by atoms with van der Waals surface area (Å²) in [7, 11) is -3.60. The number of likely N-dealkylation sites (tertiary alicyclic amines) is 1. The van der Waals surface area contributed by atoms with Gasteiger partial charge in [-0.1, -0.05) is 12.1 Å². The number of carbonyl (C=O) groups excluding carboxylic acids is 2. The lowest BCUT2D eigenvalue weighted by Gasteiger charge is -2.36. The highest BCUT2D eigenvalue weighted by atomic mass is 32.2. The third-order valence-corrected chi connectivity index (χ3v) is 9.69. The lowest BCUT2D eigenvalue weighted by Crippen LogP contribution is -2.53. The van der Waals surface area contributed by atoms with Gasteiger partial charge in [-0.15, -0.1) is 0 Å². The first-order valence-corrected chi connectivity index (χ1v) is 14.5. The molecule has 0 atom stereocenters. The number of aliphatic hydroxyl groups is 1. The number of sulfonamides is 1. The second kappa shape index (κ2) is 10.3. The van der Waals surface area contributed by atoms with E-state index >= 15 is 0 Å². The molecule has 0 radical (unpaired) electrons. The maximum absolute atomic E-state index is 13.2. The quantitative estimate of drug-likeness (QED) is 0.532. The van der Waals surface area contributed by atoms with Crippen molar-refractivity contribution in [1.82, 2.24) is 14.5 Å². The van der Waals surface area contributed by atoms with Crippen LogP contribution in [0.5, 0.6) is 5.75 Å². The number of aliphatic hydroxyl groups excluding tert-OH is 1. The number of hydrogen-bond acceptors (Lipinski definition) is 7. The minimum Gasteiger partial charge on any atom is -0.389 e.